The van der Waals surface area contributed by atoms with Gasteiger partial charge in [0.25, 0.3) is 0 Å². The third-order valence-electron chi connectivity index (χ3n) is 3.08. The molecule has 1 aromatic heterocycles. The van der Waals surface area contributed by atoms with E-state index in [0.29, 0.717) is 5.75 Å². The molecule has 110 valence electrons. The van der Waals surface area contributed by atoms with E-state index in [1.54, 1.807) is 0 Å². The van der Waals surface area contributed by atoms with Gasteiger partial charge in [0.1, 0.15) is 5.03 Å². The lowest BCUT2D eigenvalue weighted by Gasteiger charge is -2.10. The zero-order chi connectivity index (χ0) is 15.1. The first-order valence-electron chi connectivity index (χ1n) is 7.00. The summed E-state index contributed by atoms with van der Waals surface area (Å²) in [6, 6.07) is 13.9. The molecule has 0 aliphatic rings. The summed E-state index contributed by atoms with van der Waals surface area (Å²) in [5.41, 5.74) is 1.88. The van der Waals surface area contributed by atoms with Gasteiger partial charge in [0.2, 0.25) is 5.91 Å². The highest BCUT2D eigenvalue weighted by atomic mass is 32.2. The smallest absolute Gasteiger partial charge is 0.230 e. The van der Waals surface area contributed by atoms with E-state index in [1.807, 2.05) is 56.3 Å². The van der Waals surface area contributed by atoms with Crippen LogP contribution in [0.15, 0.2) is 47.5 Å². The van der Waals surface area contributed by atoms with E-state index in [4.69, 9.17) is 0 Å². The molecule has 5 heteroatoms. The van der Waals surface area contributed by atoms with Crippen molar-refractivity contribution in [3.63, 3.8) is 0 Å². The highest BCUT2D eigenvalue weighted by molar-refractivity contribution is 7.99. The number of nitrogens with zero attached hydrogens (tertiary/aromatic N) is 2. The van der Waals surface area contributed by atoms with Gasteiger partial charge in [-0.05, 0) is 25.5 Å². The van der Waals surface area contributed by atoms with Crippen molar-refractivity contribution in [3.05, 3.63) is 42.5 Å². The first-order valence-corrected chi connectivity index (χ1v) is 7.99. The van der Waals surface area contributed by atoms with Gasteiger partial charge in [-0.2, -0.15) is 0 Å². The minimum absolute atomic E-state index is 0.0308. The Kier molecular flexibility index (Phi) is 5.75. The van der Waals surface area contributed by atoms with Crippen LogP contribution in [-0.4, -0.2) is 27.9 Å². The lowest BCUT2D eigenvalue weighted by atomic mass is 10.1. The molecule has 1 N–H and O–H groups in total. The Bertz CT molecular complexity index is 572. The van der Waals surface area contributed by atoms with Crippen LogP contribution in [0, 0.1) is 0 Å². The van der Waals surface area contributed by atoms with E-state index in [2.05, 4.69) is 15.5 Å². The topological polar surface area (TPSA) is 54.9 Å². The van der Waals surface area contributed by atoms with Crippen molar-refractivity contribution < 1.29 is 4.79 Å². The highest BCUT2D eigenvalue weighted by Gasteiger charge is 2.07. The standard InChI is InChI=1S/C16H19N3OS/c1-3-12(2)17-15(20)11-21-16-10-9-14(18-19-16)13-7-5-4-6-8-13/h4-10,12H,3,11H2,1-2H3,(H,17,20). The third kappa shape index (κ3) is 4.86. The molecule has 4 nitrogen and oxygen atoms in total. The first-order chi connectivity index (χ1) is 10.2. The molecule has 1 heterocycles. The monoisotopic (exact) mass is 301 g/mol. The third-order valence-corrected chi connectivity index (χ3v) is 4.00. The van der Waals surface area contributed by atoms with E-state index in [9.17, 15) is 4.79 Å². The van der Waals surface area contributed by atoms with E-state index >= 15 is 0 Å². The number of benzene rings is 1. The minimum Gasteiger partial charge on any atom is -0.353 e. The van der Waals surface area contributed by atoms with E-state index < -0.39 is 0 Å². The van der Waals surface area contributed by atoms with Crippen molar-refractivity contribution in [3.8, 4) is 11.3 Å². The second kappa shape index (κ2) is 7.78. The highest BCUT2D eigenvalue weighted by Crippen LogP contribution is 2.19. The molecule has 2 aromatic rings. The number of rotatable bonds is 6. The molecule has 2 rings (SSSR count). The van der Waals surface area contributed by atoms with Crippen LogP contribution in [0.5, 0.6) is 0 Å². The van der Waals surface area contributed by atoms with Crippen LogP contribution in [0.3, 0.4) is 0 Å². The Morgan fingerprint density at radius 1 is 1.19 bits per heavy atom. The molecule has 0 aliphatic heterocycles. The molecule has 0 spiro atoms. The largest absolute Gasteiger partial charge is 0.353 e. The number of amides is 1. The number of hydrogen-bond acceptors (Lipinski definition) is 4. The minimum atomic E-state index is 0.0308. The van der Waals surface area contributed by atoms with Gasteiger partial charge in [-0.25, -0.2) is 0 Å². The average Bonchev–Trinajstić information content (AvgIpc) is 2.54. The number of carbonyl (C=O) groups is 1. The lowest BCUT2D eigenvalue weighted by Crippen LogP contribution is -2.33. The zero-order valence-corrected chi connectivity index (χ0v) is 13.1. The number of nitrogens with one attached hydrogen (secondary N) is 1. The van der Waals surface area contributed by atoms with Crippen molar-refractivity contribution in [1.82, 2.24) is 15.5 Å². The van der Waals surface area contributed by atoms with Crippen molar-refractivity contribution in [2.45, 2.75) is 31.3 Å². The maximum atomic E-state index is 11.7. The molecular weight excluding hydrogens is 282 g/mol. The second-order valence-corrected chi connectivity index (χ2v) is 5.78. The summed E-state index contributed by atoms with van der Waals surface area (Å²) in [5.74, 6) is 0.396. The SMILES string of the molecule is CCC(C)NC(=O)CSc1ccc(-c2ccccc2)nn1. The van der Waals surface area contributed by atoms with Crippen LogP contribution in [0.1, 0.15) is 20.3 Å². The molecule has 1 unspecified atom stereocenters. The predicted molar refractivity (Wildman–Crippen MR) is 86.1 cm³/mol. The second-order valence-electron chi connectivity index (χ2n) is 4.79. The summed E-state index contributed by atoms with van der Waals surface area (Å²) in [5, 5.41) is 12.0. The van der Waals surface area contributed by atoms with Crippen molar-refractivity contribution >= 4 is 17.7 Å². The fourth-order valence-corrected chi connectivity index (χ4v) is 2.34. The van der Waals surface area contributed by atoms with Gasteiger partial charge in [-0.3, -0.25) is 4.79 Å². The zero-order valence-electron chi connectivity index (χ0n) is 12.2. The van der Waals surface area contributed by atoms with Gasteiger partial charge in [0.15, 0.2) is 0 Å². The summed E-state index contributed by atoms with van der Waals surface area (Å²) < 4.78 is 0. The molecule has 0 radical (unpaired) electrons. The van der Waals surface area contributed by atoms with Crippen LogP contribution < -0.4 is 5.32 Å². The van der Waals surface area contributed by atoms with Gasteiger partial charge >= 0.3 is 0 Å². The Balaban J connectivity index is 1.90. The molecule has 1 amide bonds. The fraction of sp³-hybridized carbons (Fsp3) is 0.312. The Morgan fingerprint density at radius 3 is 2.57 bits per heavy atom. The molecule has 0 saturated carbocycles. The van der Waals surface area contributed by atoms with Crippen molar-refractivity contribution in [2.24, 2.45) is 0 Å². The normalized spacial score (nSPS) is 11.9. The molecule has 1 aromatic carbocycles. The average molecular weight is 301 g/mol. The molecule has 0 aliphatic carbocycles. The van der Waals surface area contributed by atoms with Gasteiger partial charge in [-0.1, -0.05) is 49.0 Å². The molecule has 0 saturated heterocycles. The molecule has 0 bridgehead atoms. The van der Waals surface area contributed by atoms with E-state index in [0.717, 1.165) is 22.7 Å². The molecule has 0 fully saturated rings. The van der Waals surface area contributed by atoms with Crippen LogP contribution in [0.4, 0.5) is 0 Å². The maximum Gasteiger partial charge on any atom is 0.230 e. The first kappa shape index (κ1) is 15.5. The quantitative estimate of drug-likeness (QED) is 0.833. The van der Waals surface area contributed by atoms with Gasteiger partial charge in [0.05, 0.1) is 11.4 Å². The van der Waals surface area contributed by atoms with E-state index in [-0.39, 0.29) is 11.9 Å². The maximum absolute atomic E-state index is 11.7. The Labute approximate surface area is 129 Å². The van der Waals surface area contributed by atoms with Gasteiger partial charge in [-0.15, -0.1) is 10.2 Å². The van der Waals surface area contributed by atoms with Crippen LogP contribution in [0.2, 0.25) is 0 Å². The van der Waals surface area contributed by atoms with E-state index in [1.165, 1.54) is 11.8 Å². The molecule has 1 atom stereocenters. The van der Waals surface area contributed by atoms with Gasteiger partial charge in [0, 0.05) is 11.6 Å². The molecular formula is C16H19N3OS. The summed E-state index contributed by atoms with van der Waals surface area (Å²) >= 11 is 1.40. The van der Waals surface area contributed by atoms with Crippen molar-refractivity contribution in [1.29, 1.82) is 0 Å². The predicted octanol–water partition coefficient (Wildman–Crippen LogP) is 3.15. The fourth-order valence-electron chi connectivity index (χ4n) is 1.72. The van der Waals surface area contributed by atoms with Crippen LogP contribution >= 0.6 is 11.8 Å². The summed E-state index contributed by atoms with van der Waals surface area (Å²) in [6.07, 6.45) is 0.933. The van der Waals surface area contributed by atoms with Crippen LogP contribution in [-0.2, 0) is 4.79 Å². The summed E-state index contributed by atoms with van der Waals surface area (Å²) in [4.78, 5) is 11.7. The molecule has 21 heavy (non-hydrogen) atoms. The number of thioether (sulfide) groups is 1. The van der Waals surface area contributed by atoms with Gasteiger partial charge < -0.3 is 5.32 Å². The Hall–Kier alpha value is -1.88. The van der Waals surface area contributed by atoms with Crippen LogP contribution in [0.25, 0.3) is 11.3 Å². The Morgan fingerprint density at radius 2 is 1.95 bits per heavy atom. The number of carbonyl (C=O) groups excluding carboxylic acids is 1. The number of hydrogen-bond donors (Lipinski definition) is 1. The summed E-state index contributed by atoms with van der Waals surface area (Å²) in [7, 11) is 0. The number of aromatic nitrogens is 2. The summed E-state index contributed by atoms with van der Waals surface area (Å²) in [6.45, 7) is 4.04. The lowest BCUT2D eigenvalue weighted by molar-refractivity contribution is -0.119. The van der Waals surface area contributed by atoms with Crippen molar-refractivity contribution in [2.75, 3.05) is 5.75 Å².